The molecule has 1 N–H and O–H groups in total. The van der Waals surface area contributed by atoms with Crippen molar-refractivity contribution in [1.29, 1.82) is 0 Å². The fourth-order valence-electron chi connectivity index (χ4n) is 4.47. The highest BCUT2D eigenvalue weighted by molar-refractivity contribution is 5.95. The summed E-state index contributed by atoms with van der Waals surface area (Å²) >= 11 is 0. The predicted molar refractivity (Wildman–Crippen MR) is 136 cm³/mol. The zero-order valence-corrected chi connectivity index (χ0v) is 20.4. The van der Waals surface area contributed by atoms with E-state index in [0.29, 0.717) is 23.6 Å². The second-order valence-electron chi connectivity index (χ2n) is 8.80. The molecule has 6 nitrogen and oxygen atoms in total. The third-order valence-corrected chi connectivity index (χ3v) is 6.46. The maximum Gasteiger partial charge on any atom is 0.251 e. The minimum atomic E-state index is -0.149. The van der Waals surface area contributed by atoms with E-state index in [-0.39, 0.29) is 11.9 Å². The fourth-order valence-corrected chi connectivity index (χ4v) is 4.47. The SMILES string of the molecule is COc1cc(OC)cc(C(=O)NC[C@@H](c2ccc(N(C)C)cc2)N2CCc3ccccc3C2)c1. The number of carbonyl (C=O) groups is 1. The first-order valence-corrected chi connectivity index (χ1v) is 11.6. The van der Waals surface area contributed by atoms with Crippen molar-refractivity contribution in [2.24, 2.45) is 0 Å². The average Bonchev–Trinajstić information content (AvgIpc) is 2.88. The number of hydrogen-bond donors (Lipinski definition) is 1. The molecule has 1 amide bonds. The van der Waals surface area contributed by atoms with E-state index in [1.165, 1.54) is 16.7 Å². The number of rotatable bonds is 8. The Labute approximate surface area is 202 Å². The van der Waals surface area contributed by atoms with Crippen LogP contribution in [0.15, 0.2) is 66.7 Å². The summed E-state index contributed by atoms with van der Waals surface area (Å²) in [4.78, 5) is 17.6. The molecule has 1 atom stereocenters. The highest BCUT2D eigenvalue weighted by Gasteiger charge is 2.25. The van der Waals surface area contributed by atoms with Gasteiger partial charge in [-0.25, -0.2) is 0 Å². The Hall–Kier alpha value is -3.51. The number of fused-ring (bicyclic) bond motifs is 1. The zero-order valence-electron chi connectivity index (χ0n) is 20.4. The van der Waals surface area contributed by atoms with E-state index >= 15 is 0 Å². The van der Waals surface area contributed by atoms with Crippen molar-refractivity contribution >= 4 is 11.6 Å². The van der Waals surface area contributed by atoms with Gasteiger partial charge in [-0.3, -0.25) is 9.69 Å². The summed E-state index contributed by atoms with van der Waals surface area (Å²) in [5.41, 5.74) is 5.62. The predicted octanol–water partition coefficient (Wildman–Crippen LogP) is 4.30. The summed E-state index contributed by atoms with van der Waals surface area (Å²) in [6.45, 7) is 2.31. The van der Waals surface area contributed by atoms with Crippen LogP contribution in [0, 0.1) is 0 Å². The third kappa shape index (κ3) is 5.34. The quantitative estimate of drug-likeness (QED) is 0.544. The monoisotopic (exact) mass is 459 g/mol. The van der Waals surface area contributed by atoms with E-state index in [2.05, 4.69) is 63.6 Å². The molecule has 4 rings (SSSR count). The normalized spacial score (nSPS) is 14.1. The Bertz CT molecular complexity index is 1110. The summed E-state index contributed by atoms with van der Waals surface area (Å²) in [6, 6.07) is 22.5. The minimum absolute atomic E-state index is 0.0565. The molecular weight excluding hydrogens is 426 g/mol. The van der Waals surface area contributed by atoms with Gasteiger partial charge in [0.1, 0.15) is 11.5 Å². The lowest BCUT2D eigenvalue weighted by Gasteiger charge is -2.36. The van der Waals surface area contributed by atoms with Gasteiger partial charge in [-0.1, -0.05) is 36.4 Å². The summed E-state index contributed by atoms with van der Waals surface area (Å²) in [5, 5.41) is 3.16. The molecule has 0 radical (unpaired) electrons. The van der Waals surface area contributed by atoms with E-state index in [1.54, 1.807) is 32.4 Å². The molecule has 1 aliphatic heterocycles. The van der Waals surface area contributed by atoms with Gasteiger partial charge in [0.2, 0.25) is 0 Å². The van der Waals surface area contributed by atoms with Crippen LogP contribution in [0.4, 0.5) is 5.69 Å². The topological polar surface area (TPSA) is 54.0 Å². The van der Waals surface area contributed by atoms with Gasteiger partial charge in [0.25, 0.3) is 5.91 Å². The molecule has 0 unspecified atom stereocenters. The van der Waals surface area contributed by atoms with Crippen molar-refractivity contribution < 1.29 is 14.3 Å². The van der Waals surface area contributed by atoms with Gasteiger partial charge >= 0.3 is 0 Å². The van der Waals surface area contributed by atoms with Crippen LogP contribution < -0.4 is 19.7 Å². The van der Waals surface area contributed by atoms with Gasteiger partial charge < -0.3 is 19.7 Å². The molecule has 0 saturated heterocycles. The zero-order chi connectivity index (χ0) is 24.1. The van der Waals surface area contributed by atoms with Crippen LogP contribution >= 0.6 is 0 Å². The van der Waals surface area contributed by atoms with Crippen LogP contribution in [0.25, 0.3) is 0 Å². The van der Waals surface area contributed by atoms with Crippen molar-refractivity contribution in [3.63, 3.8) is 0 Å². The molecule has 1 aliphatic rings. The number of benzene rings is 3. The summed E-state index contributed by atoms with van der Waals surface area (Å²) in [5.74, 6) is 1.03. The Morgan fingerprint density at radius 3 is 2.24 bits per heavy atom. The first kappa shape index (κ1) is 23.6. The van der Waals surface area contributed by atoms with E-state index < -0.39 is 0 Å². The van der Waals surface area contributed by atoms with Crippen LogP contribution in [0.3, 0.4) is 0 Å². The number of methoxy groups -OCH3 is 2. The molecule has 0 aromatic heterocycles. The third-order valence-electron chi connectivity index (χ3n) is 6.46. The number of hydrogen-bond acceptors (Lipinski definition) is 5. The summed E-state index contributed by atoms with van der Waals surface area (Å²) in [7, 11) is 7.24. The molecule has 34 heavy (non-hydrogen) atoms. The Kier molecular flexibility index (Phi) is 7.38. The first-order valence-electron chi connectivity index (χ1n) is 11.6. The molecule has 3 aromatic rings. The van der Waals surface area contributed by atoms with Crippen LogP contribution in [0.2, 0.25) is 0 Å². The molecule has 0 spiro atoms. The van der Waals surface area contributed by atoms with Gasteiger partial charge in [-0.2, -0.15) is 0 Å². The molecule has 0 aliphatic carbocycles. The molecule has 0 fully saturated rings. The molecule has 178 valence electrons. The van der Waals surface area contributed by atoms with E-state index in [9.17, 15) is 4.79 Å². The smallest absolute Gasteiger partial charge is 0.251 e. The van der Waals surface area contributed by atoms with Crippen molar-refractivity contribution in [1.82, 2.24) is 10.2 Å². The number of nitrogens with one attached hydrogen (secondary N) is 1. The van der Waals surface area contributed by atoms with Crippen molar-refractivity contribution in [2.45, 2.75) is 19.0 Å². The average molecular weight is 460 g/mol. The van der Waals surface area contributed by atoms with Crippen LogP contribution in [0.5, 0.6) is 11.5 Å². The number of anilines is 1. The second kappa shape index (κ2) is 10.6. The Balaban J connectivity index is 1.57. The first-order chi connectivity index (χ1) is 16.5. The lowest BCUT2D eigenvalue weighted by atomic mass is 9.96. The summed E-state index contributed by atoms with van der Waals surface area (Å²) < 4.78 is 10.7. The van der Waals surface area contributed by atoms with Crippen LogP contribution in [-0.2, 0) is 13.0 Å². The summed E-state index contributed by atoms with van der Waals surface area (Å²) in [6.07, 6.45) is 1.00. The van der Waals surface area contributed by atoms with Crippen LogP contribution in [0.1, 0.15) is 33.1 Å². The Morgan fingerprint density at radius 2 is 1.62 bits per heavy atom. The van der Waals surface area contributed by atoms with Gasteiger partial charge in [-0.05, 0) is 47.4 Å². The molecule has 0 bridgehead atoms. The highest BCUT2D eigenvalue weighted by Crippen LogP contribution is 2.29. The standard InChI is InChI=1S/C28H33N3O3/c1-30(2)24-11-9-21(10-12-24)27(31-14-13-20-7-5-6-8-22(20)19-31)18-29-28(32)23-15-25(33-3)17-26(16-23)34-4/h5-12,15-17,27H,13-14,18-19H2,1-4H3,(H,29,32)/t27-/m0/s1. The number of amides is 1. The second-order valence-corrected chi connectivity index (χ2v) is 8.80. The van der Waals surface area contributed by atoms with E-state index in [0.717, 1.165) is 25.2 Å². The molecule has 3 aromatic carbocycles. The number of nitrogens with zero attached hydrogens (tertiary/aromatic N) is 2. The van der Waals surface area contributed by atoms with Crippen molar-refractivity contribution in [2.75, 3.05) is 46.3 Å². The van der Waals surface area contributed by atoms with Gasteiger partial charge in [0.15, 0.2) is 0 Å². The number of ether oxygens (including phenoxy) is 2. The van der Waals surface area contributed by atoms with Crippen molar-refractivity contribution in [3.05, 3.63) is 89.0 Å². The molecular formula is C28H33N3O3. The van der Waals surface area contributed by atoms with Crippen LogP contribution in [-0.4, -0.2) is 52.2 Å². The molecule has 6 heteroatoms. The van der Waals surface area contributed by atoms with Gasteiger partial charge in [0.05, 0.1) is 20.3 Å². The highest BCUT2D eigenvalue weighted by atomic mass is 16.5. The fraction of sp³-hybridized carbons (Fsp3) is 0.321. The Morgan fingerprint density at radius 1 is 0.971 bits per heavy atom. The molecule has 0 saturated carbocycles. The lowest BCUT2D eigenvalue weighted by Crippen LogP contribution is -2.40. The number of carbonyl (C=O) groups excluding carboxylic acids is 1. The van der Waals surface area contributed by atoms with Crippen molar-refractivity contribution in [3.8, 4) is 11.5 Å². The molecule has 1 heterocycles. The maximum atomic E-state index is 13.1. The van der Waals surface area contributed by atoms with Gasteiger partial charge in [0, 0.05) is 51.0 Å². The largest absolute Gasteiger partial charge is 0.497 e. The maximum absolute atomic E-state index is 13.1. The van der Waals surface area contributed by atoms with Gasteiger partial charge in [-0.15, -0.1) is 0 Å². The minimum Gasteiger partial charge on any atom is -0.497 e. The van der Waals surface area contributed by atoms with E-state index in [4.69, 9.17) is 9.47 Å². The lowest BCUT2D eigenvalue weighted by molar-refractivity contribution is 0.0927. The van der Waals surface area contributed by atoms with E-state index in [1.807, 2.05) is 14.1 Å².